The monoisotopic (exact) mass is 255 g/mol. The van der Waals surface area contributed by atoms with E-state index in [4.69, 9.17) is 8.83 Å². The zero-order valence-electron chi connectivity index (χ0n) is 7.66. The van der Waals surface area contributed by atoms with E-state index < -0.39 is 0 Å². The van der Waals surface area contributed by atoms with E-state index in [1.165, 1.54) is 0 Å². The lowest BCUT2D eigenvalue weighted by molar-refractivity contribution is 0.444. The first-order valence-corrected chi connectivity index (χ1v) is 5.05. The molecule has 2 aromatic heterocycles. The van der Waals surface area contributed by atoms with E-state index in [0.717, 1.165) is 16.0 Å². The van der Waals surface area contributed by atoms with Crippen molar-refractivity contribution >= 4 is 15.9 Å². The fourth-order valence-electron chi connectivity index (χ4n) is 1.40. The highest BCUT2D eigenvalue weighted by Crippen LogP contribution is 2.25. The van der Waals surface area contributed by atoms with Crippen LogP contribution < -0.4 is 5.32 Å². The minimum atomic E-state index is 0.0417. The molecule has 0 aliphatic carbocycles. The lowest BCUT2D eigenvalue weighted by Crippen LogP contribution is -2.16. The van der Waals surface area contributed by atoms with Gasteiger partial charge >= 0.3 is 0 Å². The van der Waals surface area contributed by atoms with Crippen LogP contribution in [0.5, 0.6) is 0 Å². The van der Waals surface area contributed by atoms with E-state index in [9.17, 15) is 0 Å². The van der Waals surface area contributed by atoms with Gasteiger partial charge in [0.25, 0.3) is 0 Å². The van der Waals surface area contributed by atoms with Gasteiger partial charge in [0.1, 0.15) is 5.76 Å². The Balaban J connectivity index is 2.31. The number of furan rings is 2. The predicted molar refractivity (Wildman–Crippen MR) is 56.0 cm³/mol. The summed E-state index contributed by atoms with van der Waals surface area (Å²) in [6.07, 6.45) is 3.36. The standard InChI is InChI=1S/C10H10BrNO2/c1-12-10(7-4-5-13-6-7)8-2-3-9(11)14-8/h2-6,10,12H,1H3. The smallest absolute Gasteiger partial charge is 0.169 e. The van der Waals surface area contributed by atoms with Gasteiger partial charge in [-0.2, -0.15) is 0 Å². The third-order valence-electron chi connectivity index (χ3n) is 2.04. The predicted octanol–water partition coefficient (Wildman–Crippen LogP) is 2.94. The third-order valence-corrected chi connectivity index (χ3v) is 2.47. The van der Waals surface area contributed by atoms with Crippen molar-refractivity contribution in [3.8, 4) is 0 Å². The quantitative estimate of drug-likeness (QED) is 0.917. The molecule has 0 amide bonds. The first-order chi connectivity index (χ1) is 6.81. The zero-order chi connectivity index (χ0) is 9.97. The molecule has 0 bridgehead atoms. The summed E-state index contributed by atoms with van der Waals surface area (Å²) in [5, 5.41) is 3.16. The molecule has 0 radical (unpaired) electrons. The minimum absolute atomic E-state index is 0.0417. The highest BCUT2D eigenvalue weighted by Gasteiger charge is 2.16. The molecule has 3 nitrogen and oxygen atoms in total. The summed E-state index contributed by atoms with van der Waals surface area (Å²) in [6.45, 7) is 0. The van der Waals surface area contributed by atoms with E-state index >= 15 is 0 Å². The number of rotatable bonds is 3. The van der Waals surface area contributed by atoms with Crippen molar-refractivity contribution in [2.75, 3.05) is 7.05 Å². The maximum absolute atomic E-state index is 5.47. The van der Waals surface area contributed by atoms with Gasteiger partial charge in [0.15, 0.2) is 4.67 Å². The van der Waals surface area contributed by atoms with Gasteiger partial charge in [0.05, 0.1) is 18.6 Å². The first kappa shape index (κ1) is 9.55. The van der Waals surface area contributed by atoms with Gasteiger partial charge in [-0.1, -0.05) is 0 Å². The molecule has 1 unspecified atom stereocenters. The molecule has 0 spiro atoms. The Kier molecular flexibility index (Phi) is 2.74. The van der Waals surface area contributed by atoms with Crippen LogP contribution in [0.25, 0.3) is 0 Å². The maximum atomic E-state index is 5.47. The van der Waals surface area contributed by atoms with Crippen molar-refractivity contribution in [3.63, 3.8) is 0 Å². The summed E-state index contributed by atoms with van der Waals surface area (Å²) in [7, 11) is 1.88. The minimum Gasteiger partial charge on any atom is -0.472 e. The molecular formula is C10H10BrNO2. The van der Waals surface area contributed by atoms with Crippen molar-refractivity contribution in [2.24, 2.45) is 0 Å². The van der Waals surface area contributed by atoms with E-state index in [2.05, 4.69) is 21.2 Å². The summed E-state index contributed by atoms with van der Waals surface area (Å²) in [4.78, 5) is 0. The molecule has 1 atom stereocenters. The summed E-state index contributed by atoms with van der Waals surface area (Å²) in [6, 6.07) is 5.76. The molecule has 1 N–H and O–H groups in total. The van der Waals surface area contributed by atoms with Crippen molar-refractivity contribution in [1.82, 2.24) is 5.32 Å². The van der Waals surface area contributed by atoms with E-state index in [-0.39, 0.29) is 6.04 Å². The van der Waals surface area contributed by atoms with Crippen LogP contribution in [0.15, 0.2) is 44.2 Å². The van der Waals surface area contributed by atoms with Gasteiger partial charge in [0.2, 0.25) is 0 Å². The highest BCUT2D eigenvalue weighted by molar-refractivity contribution is 9.10. The maximum Gasteiger partial charge on any atom is 0.169 e. The van der Waals surface area contributed by atoms with Gasteiger partial charge in [-0.15, -0.1) is 0 Å². The van der Waals surface area contributed by atoms with Gasteiger partial charge < -0.3 is 14.2 Å². The van der Waals surface area contributed by atoms with Crippen LogP contribution in [0.2, 0.25) is 0 Å². The van der Waals surface area contributed by atoms with Crippen molar-refractivity contribution in [3.05, 3.63) is 46.7 Å². The summed E-state index contributed by atoms with van der Waals surface area (Å²) < 4.78 is 11.2. The van der Waals surface area contributed by atoms with Crippen LogP contribution in [-0.2, 0) is 0 Å². The SMILES string of the molecule is CNC(c1ccoc1)c1ccc(Br)o1. The Hall–Kier alpha value is -1.000. The summed E-state index contributed by atoms with van der Waals surface area (Å²) in [5.74, 6) is 0.862. The molecule has 2 aromatic rings. The fourth-order valence-corrected chi connectivity index (χ4v) is 1.71. The molecule has 2 rings (SSSR count). The van der Waals surface area contributed by atoms with Crippen LogP contribution in [0.1, 0.15) is 17.4 Å². The lowest BCUT2D eigenvalue weighted by Gasteiger charge is -2.10. The lowest BCUT2D eigenvalue weighted by atomic mass is 10.1. The number of hydrogen-bond acceptors (Lipinski definition) is 3. The zero-order valence-corrected chi connectivity index (χ0v) is 9.24. The fraction of sp³-hybridized carbons (Fsp3) is 0.200. The Morgan fingerprint density at radius 1 is 1.36 bits per heavy atom. The van der Waals surface area contributed by atoms with E-state index in [1.54, 1.807) is 12.5 Å². The van der Waals surface area contributed by atoms with Crippen LogP contribution in [0.4, 0.5) is 0 Å². The average molecular weight is 256 g/mol. The normalized spacial score (nSPS) is 13.0. The molecule has 0 aliphatic heterocycles. The average Bonchev–Trinajstić information content (AvgIpc) is 2.79. The molecule has 0 fully saturated rings. The number of nitrogens with one attached hydrogen (secondary N) is 1. The molecule has 0 aliphatic rings. The van der Waals surface area contributed by atoms with Crippen molar-refractivity contribution in [2.45, 2.75) is 6.04 Å². The Morgan fingerprint density at radius 3 is 2.71 bits per heavy atom. The molecule has 2 heterocycles. The van der Waals surface area contributed by atoms with Crippen LogP contribution in [0.3, 0.4) is 0 Å². The van der Waals surface area contributed by atoms with Gasteiger partial charge in [-0.05, 0) is 41.2 Å². The molecule has 14 heavy (non-hydrogen) atoms. The summed E-state index contributed by atoms with van der Waals surface area (Å²) >= 11 is 3.28. The molecule has 0 saturated heterocycles. The molecule has 0 saturated carbocycles. The van der Waals surface area contributed by atoms with Gasteiger partial charge in [0, 0.05) is 5.56 Å². The highest BCUT2D eigenvalue weighted by atomic mass is 79.9. The van der Waals surface area contributed by atoms with Gasteiger partial charge in [-0.25, -0.2) is 0 Å². The number of halogens is 1. The summed E-state index contributed by atoms with van der Waals surface area (Å²) in [5.41, 5.74) is 1.05. The Bertz CT molecular complexity index is 394. The van der Waals surface area contributed by atoms with E-state index in [0.29, 0.717) is 0 Å². The number of hydrogen-bond donors (Lipinski definition) is 1. The van der Waals surface area contributed by atoms with Crippen LogP contribution in [0, 0.1) is 0 Å². The van der Waals surface area contributed by atoms with Crippen molar-refractivity contribution in [1.29, 1.82) is 0 Å². The largest absolute Gasteiger partial charge is 0.472 e. The second-order valence-electron chi connectivity index (χ2n) is 2.92. The molecular weight excluding hydrogens is 246 g/mol. The first-order valence-electron chi connectivity index (χ1n) is 4.26. The Morgan fingerprint density at radius 2 is 2.21 bits per heavy atom. The third kappa shape index (κ3) is 1.76. The van der Waals surface area contributed by atoms with E-state index in [1.807, 2.05) is 25.2 Å². The van der Waals surface area contributed by atoms with Crippen LogP contribution >= 0.6 is 15.9 Å². The van der Waals surface area contributed by atoms with Crippen LogP contribution in [-0.4, -0.2) is 7.05 Å². The topological polar surface area (TPSA) is 38.3 Å². The molecule has 74 valence electrons. The Labute approximate surface area is 90.2 Å². The molecule has 4 heteroatoms. The van der Waals surface area contributed by atoms with Crippen molar-refractivity contribution < 1.29 is 8.83 Å². The van der Waals surface area contributed by atoms with Gasteiger partial charge in [-0.3, -0.25) is 0 Å². The molecule has 0 aromatic carbocycles. The second-order valence-corrected chi connectivity index (χ2v) is 3.70. The second kappa shape index (κ2) is 4.02.